The van der Waals surface area contributed by atoms with E-state index in [0.717, 1.165) is 41.7 Å². The number of anilines is 1. The highest BCUT2D eigenvalue weighted by Crippen LogP contribution is 2.33. The van der Waals surface area contributed by atoms with E-state index in [-0.39, 0.29) is 24.5 Å². The van der Waals surface area contributed by atoms with Gasteiger partial charge in [0.1, 0.15) is 0 Å². The van der Waals surface area contributed by atoms with Crippen molar-refractivity contribution in [2.24, 2.45) is 5.92 Å². The summed E-state index contributed by atoms with van der Waals surface area (Å²) in [6.45, 7) is 1.76. The molecule has 0 aliphatic carbocycles. The van der Waals surface area contributed by atoms with Crippen molar-refractivity contribution in [3.63, 3.8) is 0 Å². The van der Waals surface area contributed by atoms with E-state index in [2.05, 4.69) is 26.1 Å². The standard InChI is InChI=1S/C14H17BrN2O2/c15-12-6-10(4-3-9(12)8-18)17-5-1-2-11-13(17)7-16-14(11)19/h3-4,6,11,13,18H,1-2,5,7-8H2,(H,16,19). The van der Waals surface area contributed by atoms with Crippen LogP contribution < -0.4 is 10.2 Å². The van der Waals surface area contributed by atoms with Gasteiger partial charge in [-0.2, -0.15) is 0 Å². The summed E-state index contributed by atoms with van der Waals surface area (Å²) in [4.78, 5) is 14.1. The molecule has 102 valence electrons. The van der Waals surface area contributed by atoms with Crippen LogP contribution >= 0.6 is 15.9 Å². The smallest absolute Gasteiger partial charge is 0.225 e. The molecule has 2 saturated heterocycles. The maximum Gasteiger partial charge on any atom is 0.225 e. The molecule has 0 aromatic heterocycles. The lowest BCUT2D eigenvalue weighted by molar-refractivity contribution is -0.122. The zero-order valence-electron chi connectivity index (χ0n) is 10.6. The number of benzene rings is 1. The SMILES string of the molecule is O=C1NCC2C1CCCN2c1ccc(CO)c(Br)c1. The van der Waals surface area contributed by atoms with Crippen LogP contribution in [0.4, 0.5) is 5.69 Å². The van der Waals surface area contributed by atoms with Crippen molar-refractivity contribution < 1.29 is 9.90 Å². The van der Waals surface area contributed by atoms with Crippen LogP contribution in [0.3, 0.4) is 0 Å². The summed E-state index contributed by atoms with van der Waals surface area (Å²) in [7, 11) is 0. The molecule has 2 unspecified atom stereocenters. The summed E-state index contributed by atoms with van der Waals surface area (Å²) in [5, 5.41) is 12.2. The molecule has 0 saturated carbocycles. The first kappa shape index (κ1) is 12.9. The molecule has 2 N–H and O–H groups in total. The predicted molar refractivity (Wildman–Crippen MR) is 76.9 cm³/mol. The Morgan fingerprint density at radius 1 is 1.47 bits per heavy atom. The quantitative estimate of drug-likeness (QED) is 0.869. The van der Waals surface area contributed by atoms with E-state index in [1.165, 1.54) is 0 Å². The minimum Gasteiger partial charge on any atom is -0.392 e. The number of carbonyl (C=O) groups is 1. The van der Waals surface area contributed by atoms with Crippen LogP contribution in [0.5, 0.6) is 0 Å². The van der Waals surface area contributed by atoms with E-state index in [0.29, 0.717) is 0 Å². The number of hydrogen-bond donors (Lipinski definition) is 2. The van der Waals surface area contributed by atoms with Gasteiger partial charge in [0.05, 0.1) is 18.6 Å². The van der Waals surface area contributed by atoms with Gasteiger partial charge in [-0.05, 0) is 30.5 Å². The van der Waals surface area contributed by atoms with Crippen LogP contribution in [0.1, 0.15) is 18.4 Å². The fourth-order valence-corrected chi connectivity index (χ4v) is 3.61. The molecule has 0 radical (unpaired) electrons. The topological polar surface area (TPSA) is 52.6 Å². The van der Waals surface area contributed by atoms with E-state index in [4.69, 9.17) is 0 Å². The molecule has 1 amide bonds. The van der Waals surface area contributed by atoms with Crippen LogP contribution in [0.2, 0.25) is 0 Å². The minimum absolute atomic E-state index is 0.0347. The predicted octanol–water partition coefficient (Wildman–Crippen LogP) is 1.66. The lowest BCUT2D eigenvalue weighted by atomic mass is 9.91. The maximum absolute atomic E-state index is 11.8. The summed E-state index contributed by atoms with van der Waals surface area (Å²) < 4.78 is 0.923. The third-order valence-corrected chi connectivity index (χ3v) is 4.88. The highest BCUT2D eigenvalue weighted by Gasteiger charge is 2.40. The van der Waals surface area contributed by atoms with Crippen LogP contribution in [-0.2, 0) is 11.4 Å². The van der Waals surface area contributed by atoms with Crippen LogP contribution in [0, 0.1) is 5.92 Å². The number of aliphatic hydroxyl groups is 1. The number of aliphatic hydroxyl groups excluding tert-OH is 1. The normalized spacial score (nSPS) is 26.2. The summed E-state index contributed by atoms with van der Waals surface area (Å²) in [6.07, 6.45) is 2.04. The lowest BCUT2D eigenvalue weighted by Gasteiger charge is -2.38. The average molecular weight is 325 g/mol. The largest absolute Gasteiger partial charge is 0.392 e. The van der Waals surface area contributed by atoms with Gasteiger partial charge in [-0.15, -0.1) is 0 Å². The van der Waals surface area contributed by atoms with Crippen LogP contribution in [0.15, 0.2) is 22.7 Å². The van der Waals surface area contributed by atoms with Gasteiger partial charge in [0.25, 0.3) is 0 Å². The van der Waals surface area contributed by atoms with E-state index >= 15 is 0 Å². The van der Waals surface area contributed by atoms with Gasteiger partial charge in [0, 0.05) is 23.2 Å². The Morgan fingerprint density at radius 2 is 2.32 bits per heavy atom. The molecular formula is C14H17BrN2O2. The highest BCUT2D eigenvalue weighted by atomic mass is 79.9. The van der Waals surface area contributed by atoms with E-state index < -0.39 is 0 Å². The molecule has 2 heterocycles. The molecule has 5 heteroatoms. The number of nitrogens with zero attached hydrogens (tertiary/aromatic N) is 1. The number of amides is 1. The van der Waals surface area contributed by atoms with Crippen molar-refractivity contribution in [1.29, 1.82) is 0 Å². The Labute approximate surface area is 120 Å². The molecule has 2 fully saturated rings. The number of hydrogen-bond acceptors (Lipinski definition) is 3. The molecule has 2 aliphatic rings. The third-order valence-electron chi connectivity index (χ3n) is 4.14. The van der Waals surface area contributed by atoms with Crippen molar-refractivity contribution >= 4 is 27.5 Å². The molecule has 3 rings (SSSR count). The van der Waals surface area contributed by atoms with Gasteiger partial charge in [0.2, 0.25) is 5.91 Å². The second-order valence-electron chi connectivity index (χ2n) is 5.19. The molecule has 1 aromatic rings. The second-order valence-corrected chi connectivity index (χ2v) is 6.04. The Bertz CT molecular complexity index is 506. The molecule has 2 atom stereocenters. The van der Waals surface area contributed by atoms with Crippen molar-refractivity contribution in [2.75, 3.05) is 18.0 Å². The Kier molecular flexibility index (Phi) is 3.50. The van der Waals surface area contributed by atoms with E-state index in [9.17, 15) is 9.90 Å². The Balaban J connectivity index is 1.89. The summed E-state index contributed by atoms with van der Waals surface area (Å²) in [6, 6.07) is 6.28. The van der Waals surface area contributed by atoms with E-state index in [1.54, 1.807) is 0 Å². The van der Waals surface area contributed by atoms with Gasteiger partial charge in [-0.3, -0.25) is 4.79 Å². The fourth-order valence-electron chi connectivity index (χ4n) is 3.12. The fraction of sp³-hybridized carbons (Fsp3) is 0.500. The number of halogens is 1. The number of piperidine rings is 1. The summed E-state index contributed by atoms with van der Waals surface area (Å²) in [5.74, 6) is 0.325. The number of carbonyl (C=O) groups excluding carboxylic acids is 1. The van der Waals surface area contributed by atoms with Crippen molar-refractivity contribution in [2.45, 2.75) is 25.5 Å². The first-order chi connectivity index (χ1) is 9.20. The zero-order chi connectivity index (χ0) is 13.4. The Morgan fingerprint density at radius 3 is 3.05 bits per heavy atom. The molecule has 0 bridgehead atoms. The number of fused-ring (bicyclic) bond motifs is 1. The third kappa shape index (κ3) is 2.25. The zero-order valence-corrected chi connectivity index (χ0v) is 12.2. The molecule has 19 heavy (non-hydrogen) atoms. The van der Waals surface area contributed by atoms with Crippen LogP contribution in [-0.4, -0.2) is 30.1 Å². The molecule has 0 spiro atoms. The van der Waals surface area contributed by atoms with Crippen molar-refractivity contribution in [3.8, 4) is 0 Å². The molecule has 1 aromatic carbocycles. The second kappa shape index (κ2) is 5.13. The van der Waals surface area contributed by atoms with Gasteiger partial charge in [0.15, 0.2) is 0 Å². The Hall–Kier alpha value is -1.07. The number of nitrogens with one attached hydrogen (secondary N) is 1. The first-order valence-corrected chi connectivity index (χ1v) is 7.43. The van der Waals surface area contributed by atoms with Crippen LogP contribution in [0.25, 0.3) is 0 Å². The van der Waals surface area contributed by atoms with E-state index in [1.807, 2.05) is 18.2 Å². The highest BCUT2D eigenvalue weighted by molar-refractivity contribution is 9.10. The van der Waals surface area contributed by atoms with Gasteiger partial charge in [-0.25, -0.2) is 0 Å². The van der Waals surface area contributed by atoms with Gasteiger partial charge in [-0.1, -0.05) is 22.0 Å². The van der Waals surface area contributed by atoms with Gasteiger partial charge < -0.3 is 15.3 Å². The number of rotatable bonds is 2. The maximum atomic E-state index is 11.8. The summed E-state index contributed by atoms with van der Waals surface area (Å²) >= 11 is 3.49. The van der Waals surface area contributed by atoms with Crippen molar-refractivity contribution in [3.05, 3.63) is 28.2 Å². The first-order valence-electron chi connectivity index (χ1n) is 6.64. The molecule has 4 nitrogen and oxygen atoms in total. The lowest BCUT2D eigenvalue weighted by Crippen LogP contribution is -2.45. The molecule has 2 aliphatic heterocycles. The van der Waals surface area contributed by atoms with Crippen molar-refractivity contribution in [1.82, 2.24) is 5.32 Å². The van der Waals surface area contributed by atoms with Gasteiger partial charge >= 0.3 is 0 Å². The monoisotopic (exact) mass is 324 g/mol. The summed E-state index contributed by atoms with van der Waals surface area (Å²) in [5.41, 5.74) is 2.01. The minimum atomic E-state index is 0.0347. The average Bonchev–Trinajstić information content (AvgIpc) is 2.80. The molecular weight excluding hydrogens is 308 g/mol.